The maximum atomic E-state index is 13.1. The smallest absolute Gasteiger partial charge is 0.123 e. The number of benzene rings is 2. The molecule has 0 saturated heterocycles. The van der Waals surface area contributed by atoms with Crippen LogP contribution >= 0.6 is 0 Å². The molecule has 0 radical (unpaired) electrons. The second-order valence-corrected chi connectivity index (χ2v) is 6.06. The topological polar surface area (TPSA) is 42.4 Å². The van der Waals surface area contributed by atoms with E-state index in [0.717, 1.165) is 22.0 Å². The highest BCUT2D eigenvalue weighted by molar-refractivity contribution is 5.80. The van der Waals surface area contributed by atoms with Gasteiger partial charge in [-0.25, -0.2) is 4.39 Å². The van der Waals surface area contributed by atoms with Crippen molar-refractivity contribution in [3.8, 4) is 5.75 Å². The van der Waals surface area contributed by atoms with Gasteiger partial charge in [-0.3, -0.25) is 4.98 Å². The highest BCUT2D eigenvalue weighted by atomic mass is 19.1. The Balaban J connectivity index is 1.80. The first kappa shape index (κ1) is 15.4. The standard InChI is InChI=1S/C19H18FNO2/c1-19(2,22)15-9-14-6-7-17(10-18(14)21-11-15)23-12-13-4-3-5-16(20)8-13/h3-11,22H,12H2,1-2H3. The molecule has 1 heterocycles. The van der Waals surface area contributed by atoms with Crippen molar-refractivity contribution < 1.29 is 14.2 Å². The van der Waals surface area contributed by atoms with Crippen LogP contribution in [0.3, 0.4) is 0 Å². The van der Waals surface area contributed by atoms with E-state index in [4.69, 9.17) is 4.74 Å². The normalized spacial score (nSPS) is 11.7. The molecule has 0 bridgehead atoms. The fourth-order valence-electron chi connectivity index (χ4n) is 2.32. The van der Waals surface area contributed by atoms with E-state index in [0.29, 0.717) is 12.4 Å². The number of hydrogen-bond donors (Lipinski definition) is 1. The van der Waals surface area contributed by atoms with Crippen molar-refractivity contribution in [2.75, 3.05) is 0 Å². The molecule has 3 nitrogen and oxygen atoms in total. The quantitative estimate of drug-likeness (QED) is 0.786. The van der Waals surface area contributed by atoms with Crippen molar-refractivity contribution in [2.45, 2.75) is 26.1 Å². The molecule has 1 aromatic heterocycles. The van der Waals surface area contributed by atoms with E-state index in [-0.39, 0.29) is 5.82 Å². The number of aliphatic hydroxyl groups is 1. The van der Waals surface area contributed by atoms with Gasteiger partial charge in [0, 0.05) is 23.2 Å². The van der Waals surface area contributed by atoms with Gasteiger partial charge in [-0.1, -0.05) is 12.1 Å². The Morgan fingerprint density at radius 2 is 1.96 bits per heavy atom. The highest BCUT2D eigenvalue weighted by Crippen LogP contribution is 2.25. The second-order valence-electron chi connectivity index (χ2n) is 6.06. The molecule has 0 spiro atoms. The van der Waals surface area contributed by atoms with Gasteiger partial charge in [0.15, 0.2) is 0 Å². The van der Waals surface area contributed by atoms with Crippen LogP contribution in [0.4, 0.5) is 4.39 Å². The van der Waals surface area contributed by atoms with Crippen LogP contribution in [0.1, 0.15) is 25.0 Å². The molecule has 3 aromatic rings. The molecule has 0 aliphatic carbocycles. The van der Waals surface area contributed by atoms with Gasteiger partial charge in [0.2, 0.25) is 0 Å². The molecule has 0 fully saturated rings. The zero-order valence-electron chi connectivity index (χ0n) is 13.1. The number of rotatable bonds is 4. The maximum Gasteiger partial charge on any atom is 0.123 e. The molecule has 0 amide bonds. The zero-order valence-corrected chi connectivity index (χ0v) is 13.1. The van der Waals surface area contributed by atoms with Gasteiger partial charge in [-0.05, 0) is 49.7 Å². The highest BCUT2D eigenvalue weighted by Gasteiger charge is 2.16. The molecule has 118 valence electrons. The molecule has 2 aromatic carbocycles. The third-order valence-corrected chi connectivity index (χ3v) is 3.66. The van der Waals surface area contributed by atoms with Crippen LogP contribution in [-0.4, -0.2) is 10.1 Å². The lowest BCUT2D eigenvalue weighted by atomic mass is 9.99. The van der Waals surface area contributed by atoms with Crippen molar-refractivity contribution in [1.29, 1.82) is 0 Å². The minimum atomic E-state index is -0.923. The first-order valence-electron chi connectivity index (χ1n) is 7.42. The summed E-state index contributed by atoms with van der Waals surface area (Å²) in [5, 5.41) is 11.0. The lowest BCUT2D eigenvalue weighted by Crippen LogP contribution is -2.15. The van der Waals surface area contributed by atoms with Crippen molar-refractivity contribution in [3.05, 3.63) is 71.7 Å². The van der Waals surface area contributed by atoms with E-state index < -0.39 is 5.60 Å². The van der Waals surface area contributed by atoms with E-state index in [9.17, 15) is 9.50 Å². The lowest BCUT2D eigenvalue weighted by molar-refractivity contribution is 0.0784. The predicted octanol–water partition coefficient (Wildman–Crippen LogP) is 4.18. The summed E-state index contributed by atoms with van der Waals surface area (Å²) in [5.41, 5.74) is 1.40. The molecule has 0 aliphatic rings. The summed E-state index contributed by atoms with van der Waals surface area (Å²) in [4.78, 5) is 4.38. The Morgan fingerprint density at radius 3 is 2.70 bits per heavy atom. The Morgan fingerprint density at radius 1 is 1.13 bits per heavy atom. The minimum absolute atomic E-state index is 0.273. The van der Waals surface area contributed by atoms with E-state index >= 15 is 0 Å². The van der Waals surface area contributed by atoms with Crippen LogP contribution in [-0.2, 0) is 12.2 Å². The van der Waals surface area contributed by atoms with E-state index in [1.165, 1.54) is 12.1 Å². The Bertz CT molecular complexity index is 840. The number of nitrogens with zero attached hydrogens (tertiary/aromatic N) is 1. The Labute approximate surface area is 134 Å². The number of fused-ring (bicyclic) bond motifs is 1. The summed E-state index contributed by atoms with van der Waals surface area (Å²) >= 11 is 0. The number of hydrogen-bond acceptors (Lipinski definition) is 3. The number of pyridine rings is 1. The van der Waals surface area contributed by atoms with Crippen molar-refractivity contribution in [1.82, 2.24) is 4.98 Å². The molecule has 0 atom stereocenters. The average Bonchev–Trinajstić information content (AvgIpc) is 2.51. The summed E-state index contributed by atoms with van der Waals surface area (Å²) in [5.74, 6) is 0.399. The third kappa shape index (κ3) is 3.66. The summed E-state index contributed by atoms with van der Waals surface area (Å²) < 4.78 is 18.8. The van der Waals surface area contributed by atoms with Crippen LogP contribution in [0.5, 0.6) is 5.75 Å². The van der Waals surface area contributed by atoms with Gasteiger partial charge in [-0.2, -0.15) is 0 Å². The number of aromatic nitrogens is 1. The van der Waals surface area contributed by atoms with Crippen molar-refractivity contribution in [2.24, 2.45) is 0 Å². The molecule has 23 heavy (non-hydrogen) atoms. The van der Waals surface area contributed by atoms with Crippen LogP contribution in [0.15, 0.2) is 54.7 Å². The fraction of sp³-hybridized carbons (Fsp3) is 0.211. The Kier molecular flexibility index (Phi) is 4.01. The minimum Gasteiger partial charge on any atom is -0.489 e. The lowest BCUT2D eigenvalue weighted by Gasteiger charge is -2.17. The molecular formula is C19H18FNO2. The average molecular weight is 311 g/mol. The van der Waals surface area contributed by atoms with Gasteiger partial charge in [0.1, 0.15) is 18.2 Å². The zero-order chi connectivity index (χ0) is 16.4. The van der Waals surface area contributed by atoms with Gasteiger partial charge >= 0.3 is 0 Å². The molecule has 0 saturated carbocycles. The summed E-state index contributed by atoms with van der Waals surface area (Å²) in [6, 6.07) is 13.8. The van der Waals surface area contributed by atoms with E-state index in [1.54, 1.807) is 26.1 Å². The maximum absolute atomic E-state index is 13.1. The second kappa shape index (κ2) is 5.97. The molecule has 0 unspecified atom stereocenters. The van der Waals surface area contributed by atoms with E-state index in [1.807, 2.05) is 30.3 Å². The first-order valence-corrected chi connectivity index (χ1v) is 7.42. The van der Waals surface area contributed by atoms with Crippen LogP contribution in [0, 0.1) is 5.82 Å². The Hall–Kier alpha value is -2.46. The van der Waals surface area contributed by atoms with Crippen LogP contribution < -0.4 is 4.74 Å². The summed E-state index contributed by atoms with van der Waals surface area (Å²) in [6.45, 7) is 3.75. The van der Waals surface area contributed by atoms with Gasteiger partial charge in [0.25, 0.3) is 0 Å². The van der Waals surface area contributed by atoms with Crippen molar-refractivity contribution >= 4 is 10.9 Å². The molecule has 3 rings (SSSR count). The van der Waals surface area contributed by atoms with Crippen LogP contribution in [0.2, 0.25) is 0 Å². The molecule has 0 aliphatic heterocycles. The fourth-order valence-corrected chi connectivity index (χ4v) is 2.32. The molecule has 1 N–H and O–H groups in total. The first-order chi connectivity index (χ1) is 10.9. The summed E-state index contributed by atoms with van der Waals surface area (Å²) in [6.07, 6.45) is 1.67. The number of halogens is 1. The SMILES string of the molecule is CC(C)(O)c1cnc2cc(OCc3cccc(F)c3)ccc2c1. The van der Waals surface area contributed by atoms with Crippen LogP contribution in [0.25, 0.3) is 10.9 Å². The summed E-state index contributed by atoms with van der Waals surface area (Å²) in [7, 11) is 0. The van der Waals surface area contributed by atoms with Gasteiger partial charge in [-0.15, -0.1) is 0 Å². The van der Waals surface area contributed by atoms with E-state index in [2.05, 4.69) is 4.98 Å². The third-order valence-electron chi connectivity index (χ3n) is 3.66. The number of ether oxygens (including phenoxy) is 1. The largest absolute Gasteiger partial charge is 0.489 e. The monoisotopic (exact) mass is 311 g/mol. The molecular weight excluding hydrogens is 293 g/mol. The molecule has 4 heteroatoms. The predicted molar refractivity (Wildman–Crippen MR) is 87.7 cm³/mol. The van der Waals surface area contributed by atoms with Crippen molar-refractivity contribution in [3.63, 3.8) is 0 Å². The van der Waals surface area contributed by atoms with Gasteiger partial charge < -0.3 is 9.84 Å². The van der Waals surface area contributed by atoms with Gasteiger partial charge in [0.05, 0.1) is 11.1 Å².